The van der Waals surface area contributed by atoms with E-state index in [9.17, 15) is 4.79 Å². The van der Waals surface area contributed by atoms with Crippen molar-refractivity contribution in [1.29, 1.82) is 0 Å². The van der Waals surface area contributed by atoms with Gasteiger partial charge in [-0.2, -0.15) is 0 Å². The Morgan fingerprint density at radius 3 is 2.45 bits per heavy atom. The molecule has 22 heavy (non-hydrogen) atoms. The third-order valence-electron chi connectivity index (χ3n) is 2.77. The molecule has 3 N–H and O–H groups in total. The summed E-state index contributed by atoms with van der Waals surface area (Å²) in [6.45, 7) is 10.6. The van der Waals surface area contributed by atoms with Crippen LogP contribution in [-0.4, -0.2) is 31.5 Å². The molecule has 0 unspecified atom stereocenters. The molecule has 0 spiro atoms. The summed E-state index contributed by atoms with van der Waals surface area (Å²) in [5.74, 6) is 0.879. The highest BCUT2D eigenvalue weighted by molar-refractivity contribution is 14.0. The van der Waals surface area contributed by atoms with Crippen molar-refractivity contribution >= 4 is 47.2 Å². The average molecular weight is 438 g/mol. The fourth-order valence-corrected chi connectivity index (χ4v) is 2.45. The minimum absolute atomic E-state index is 0. The van der Waals surface area contributed by atoms with Crippen molar-refractivity contribution in [2.24, 2.45) is 10.9 Å². The van der Waals surface area contributed by atoms with Crippen molar-refractivity contribution in [2.75, 3.05) is 19.6 Å². The fourth-order valence-electron chi connectivity index (χ4n) is 1.64. The zero-order valence-electron chi connectivity index (χ0n) is 13.7. The molecule has 1 aromatic rings. The molecule has 0 bridgehead atoms. The normalized spacial score (nSPS) is 11.0. The number of nitrogens with one attached hydrogen (secondary N) is 3. The number of guanidine groups is 1. The van der Waals surface area contributed by atoms with Crippen molar-refractivity contribution in [3.05, 3.63) is 21.9 Å². The standard InChI is InChI=1S/C15H26N4OS.HI/c1-5-16-15(18-9-8-17-14(20)11(2)3)19-10-13-7-6-12(4)21-13;/h6-7,11H,5,8-10H2,1-4H3,(H,17,20)(H2,16,18,19);1H. The molecule has 0 atom stereocenters. The van der Waals surface area contributed by atoms with Gasteiger partial charge in [0.1, 0.15) is 0 Å². The zero-order chi connectivity index (χ0) is 15.7. The molecule has 0 aliphatic heterocycles. The Labute approximate surface area is 154 Å². The maximum atomic E-state index is 11.4. The SMILES string of the molecule is CCNC(=NCc1ccc(C)s1)NCCNC(=O)C(C)C.I. The Balaban J connectivity index is 0.00000441. The molecule has 0 fully saturated rings. The molecule has 1 rings (SSSR count). The predicted molar refractivity (Wildman–Crippen MR) is 105 cm³/mol. The van der Waals surface area contributed by atoms with E-state index in [1.165, 1.54) is 9.75 Å². The lowest BCUT2D eigenvalue weighted by molar-refractivity contribution is -0.123. The number of hydrogen-bond acceptors (Lipinski definition) is 3. The zero-order valence-corrected chi connectivity index (χ0v) is 16.9. The van der Waals surface area contributed by atoms with E-state index in [0.29, 0.717) is 19.6 Å². The van der Waals surface area contributed by atoms with E-state index in [2.05, 4.69) is 40.0 Å². The molecule has 0 aromatic carbocycles. The molecule has 1 aromatic heterocycles. The van der Waals surface area contributed by atoms with Gasteiger partial charge in [-0.05, 0) is 26.0 Å². The maximum absolute atomic E-state index is 11.4. The lowest BCUT2D eigenvalue weighted by Gasteiger charge is -2.12. The summed E-state index contributed by atoms with van der Waals surface area (Å²) in [6.07, 6.45) is 0. The lowest BCUT2D eigenvalue weighted by atomic mass is 10.2. The second kappa shape index (κ2) is 11.7. The molecule has 1 amide bonds. The van der Waals surface area contributed by atoms with Gasteiger partial charge in [0.2, 0.25) is 5.91 Å². The van der Waals surface area contributed by atoms with Gasteiger partial charge in [-0.25, -0.2) is 4.99 Å². The van der Waals surface area contributed by atoms with Gasteiger partial charge >= 0.3 is 0 Å². The van der Waals surface area contributed by atoms with Crippen LogP contribution in [0.15, 0.2) is 17.1 Å². The van der Waals surface area contributed by atoms with E-state index in [-0.39, 0.29) is 35.8 Å². The van der Waals surface area contributed by atoms with Crippen LogP contribution >= 0.6 is 35.3 Å². The number of aliphatic imine (C=N–C) groups is 1. The van der Waals surface area contributed by atoms with Gasteiger partial charge in [-0.1, -0.05) is 13.8 Å². The van der Waals surface area contributed by atoms with Gasteiger partial charge < -0.3 is 16.0 Å². The molecule has 0 saturated carbocycles. The van der Waals surface area contributed by atoms with Gasteiger partial charge in [0.15, 0.2) is 5.96 Å². The van der Waals surface area contributed by atoms with Crippen LogP contribution in [0.25, 0.3) is 0 Å². The number of amides is 1. The van der Waals surface area contributed by atoms with Gasteiger partial charge in [-0.3, -0.25) is 4.79 Å². The van der Waals surface area contributed by atoms with Crippen LogP contribution in [0.1, 0.15) is 30.5 Å². The minimum atomic E-state index is 0. The first kappa shape index (κ1) is 21.2. The molecule has 0 saturated heterocycles. The summed E-state index contributed by atoms with van der Waals surface area (Å²) < 4.78 is 0. The first-order valence-corrected chi connectivity index (χ1v) is 8.19. The maximum Gasteiger partial charge on any atom is 0.222 e. The molecule has 0 radical (unpaired) electrons. The molecule has 5 nitrogen and oxygen atoms in total. The monoisotopic (exact) mass is 438 g/mol. The van der Waals surface area contributed by atoms with Gasteiger partial charge in [0.05, 0.1) is 6.54 Å². The topological polar surface area (TPSA) is 65.5 Å². The largest absolute Gasteiger partial charge is 0.357 e. The third-order valence-corrected chi connectivity index (χ3v) is 3.76. The smallest absolute Gasteiger partial charge is 0.222 e. The number of nitrogens with zero attached hydrogens (tertiary/aromatic N) is 1. The molecule has 1 heterocycles. The van der Waals surface area contributed by atoms with Crippen molar-refractivity contribution in [2.45, 2.75) is 34.2 Å². The Morgan fingerprint density at radius 2 is 1.91 bits per heavy atom. The highest BCUT2D eigenvalue weighted by Crippen LogP contribution is 2.15. The number of aryl methyl sites for hydroxylation is 1. The number of carbonyl (C=O) groups is 1. The van der Waals surface area contributed by atoms with Crippen molar-refractivity contribution in [3.63, 3.8) is 0 Å². The highest BCUT2D eigenvalue weighted by atomic mass is 127. The summed E-state index contributed by atoms with van der Waals surface area (Å²) in [6, 6.07) is 4.22. The van der Waals surface area contributed by atoms with Crippen LogP contribution in [0.5, 0.6) is 0 Å². The summed E-state index contributed by atoms with van der Waals surface area (Å²) >= 11 is 1.76. The van der Waals surface area contributed by atoms with Crippen LogP contribution in [0.4, 0.5) is 0 Å². The Hall–Kier alpha value is -0.830. The number of rotatable bonds is 7. The minimum Gasteiger partial charge on any atom is -0.357 e. The van der Waals surface area contributed by atoms with E-state index in [4.69, 9.17) is 0 Å². The average Bonchev–Trinajstić information content (AvgIpc) is 2.86. The van der Waals surface area contributed by atoms with Crippen LogP contribution < -0.4 is 16.0 Å². The van der Waals surface area contributed by atoms with Crippen molar-refractivity contribution < 1.29 is 4.79 Å². The van der Waals surface area contributed by atoms with Crippen LogP contribution in [0, 0.1) is 12.8 Å². The van der Waals surface area contributed by atoms with Crippen molar-refractivity contribution in [3.8, 4) is 0 Å². The summed E-state index contributed by atoms with van der Waals surface area (Å²) in [5, 5.41) is 9.30. The van der Waals surface area contributed by atoms with Crippen molar-refractivity contribution in [1.82, 2.24) is 16.0 Å². The molecule has 126 valence electrons. The van der Waals surface area contributed by atoms with Gasteiger partial charge in [0, 0.05) is 35.3 Å². The fraction of sp³-hybridized carbons (Fsp3) is 0.600. The van der Waals surface area contributed by atoms with Gasteiger partial charge in [-0.15, -0.1) is 35.3 Å². The second-order valence-corrected chi connectivity index (χ2v) is 6.45. The Bertz CT molecular complexity index is 474. The van der Waals surface area contributed by atoms with E-state index in [1.807, 2.05) is 20.8 Å². The Morgan fingerprint density at radius 1 is 1.23 bits per heavy atom. The van der Waals surface area contributed by atoms with Crippen LogP contribution in [0.2, 0.25) is 0 Å². The van der Waals surface area contributed by atoms with E-state index >= 15 is 0 Å². The van der Waals surface area contributed by atoms with E-state index < -0.39 is 0 Å². The van der Waals surface area contributed by atoms with E-state index in [0.717, 1.165) is 12.5 Å². The quantitative estimate of drug-likeness (QED) is 0.265. The first-order chi connectivity index (χ1) is 10.0. The number of carbonyl (C=O) groups excluding carboxylic acids is 1. The number of thiophene rings is 1. The molecular weight excluding hydrogens is 411 g/mol. The highest BCUT2D eigenvalue weighted by Gasteiger charge is 2.05. The molecule has 0 aliphatic rings. The lowest BCUT2D eigenvalue weighted by Crippen LogP contribution is -2.42. The third kappa shape index (κ3) is 8.57. The molecule has 0 aliphatic carbocycles. The Kier molecular flexibility index (Phi) is 11.3. The van der Waals surface area contributed by atoms with Gasteiger partial charge in [0.25, 0.3) is 0 Å². The van der Waals surface area contributed by atoms with Crippen LogP contribution in [-0.2, 0) is 11.3 Å². The van der Waals surface area contributed by atoms with Crippen LogP contribution in [0.3, 0.4) is 0 Å². The predicted octanol–water partition coefficient (Wildman–Crippen LogP) is 2.50. The van der Waals surface area contributed by atoms with E-state index in [1.54, 1.807) is 11.3 Å². The molecule has 7 heteroatoms. The summed E-state index contributed by atoms with van der Waals surface area (Å²) in [5.41, 5.74) is 0. The number of hydrogen-bond donors (Lipinski definition) is 3. The number of halogens is 1. The first-order valence-electron chi connectivity index (χ1n) is 7.38. The molecular formula is C15H27IN4OS. The summed E-state index contributed by atoms with van der Waals surface area (Å²) in [4.78, 5) is 18.5. The summed E-state index contributed by atoms with van der Waals surface area (Å²) in [7, 11) is 0. The second-order valence-electron chi connectivity index (χ2n) is 5.08.